The van der Waals surface area contributed by atoms with E-state index in [1.165, 1.54) is 0 Å². The molecule has 0 unspecified atom stereocenters. The van der Waals surface area contributed by atoms with E-state index in [-0.39, 0.29) is 38.3 Å². The van der Waals surface area contributed by atoms with Crippen LogP contribution in [0.1, 0.15) is 31.2 Å². The van der Waals surface area contributed by atoms with Crippen LogP contribution in [0.4, 0.5) is 4.79 Å². The van der Waals surface area contributed by atoms with Crippen molar-refractivity contribution in [1.29, 1.82) is 5.41 Å². The standard InChI is InChI=1S/C21H34N8O5/c22-14(8-4-11-27-21(25)34)17(30)29-16(12-13-6-2-1-3-7-13)18(31)28-15(19(32)33)9-5-10-26-20(23)24/h1-3,6-7,14-16H,4-5,8-12,22H2,(H,28,31)(H,29,30)(H,32,33)(H4,23,24,26)(H3,25,27,34)/t14-,15-,16+/m0/s1. The molecule has 3 atom stereocenters. The van der Waals surface area contributed by atoms with Gasteiger partial charge in [0, 0.05) is 19.5 Å². The van der Waals surface area contributed by atoms with Crippen molar-refractivity contribution in [2.45, 2.75) is 50.2 Å². The zero-order valence-electron chi connectivity index (χ0n) is 18.9. The fourth-order valence-corrected chi connectivity index (χ4v) is 3.06. The first kappa shape index (κ1) is 28.2. The Bertz CT molecular complexity index is 836. The second-order valence-corrected chi connectivity index (χ2v) is 7.67. The molecule has 34 heavy (non-hydrogen) atoms. The van der Waals surface area contributed by atoms with Gasteiger partial charge in [0.25, 0.3) is 0 Å². The van der Waals surface area contributed by atoms with Crippen LogP contribution in [0.2, 0.25) is 0 Å². The fourth-order valence-electron chi connectivity index (χ4n) is 3.06. The Labute approximate surface area is 197 Å². The number of carboxylic acid groups (broad SMARTS) is 1. The molecule has 0 radical (unpaired) electrons. The van der Waals surface area contributed by atoms with Crippen molar-refractivity contribution in [3.63, 3.8) is 0 Å². The van der Waals surface area contributed by atoms with Crippen molar-refractivity contribution in [3.8, 4) is 0 Å². The van der Waals surface area contributed by atoms with Crippen molar-refractivity contribution in [3.05, 3.63) is 35.9 Å². The molecule has 0 saturated heterocycles. The zero-order chi connectivity index (χ0) is 25.5. The van der Waals surface area contributed by atoms with Gasteiger partial charge in [-0.2, -0.15) is 0 Å². The van der Waals surface area contributed by atoms with Gasteiger partial charge in [0.15, 0.2) is 5.96 Å². The minimum atomic E-state index is -1.22. The number of guanidine groups is 1. The highest BCUT2D eigenvalue weighted by atomic mass is 16.4. The van der Waals surface area contributed by atoms with E-state index in [0.717, 1.165) is 5.56 Å². The van der Waals surface area contributed by atoms with Gasteiger partial charge in [-0.25, -0.2) is 9.59 Å². The molecule has 0 aliphatic carbocycles. The summed E-state index contributed by atoms with van der Waals surface area (Å²) in [4.78, 5) is 47.9. The molecule has 13 heteroatoms. The van der Waals surface area contributed by atoms with Crippen LogP contribution in [-0.4, -0.2) is 66.1 Å². The molecule has 13 nitrogen and oxygen atoms in total. The van der Waals surface area contributed by atoms with Gasteiger partial charge >= 0.3 is 12.0 Å². The molecule has 1 aromatic rings. The second-order valence-electron chi connectivity index (χ2n) is 7.67. The molecule has 188 valence electrons. The first-order valence-corrected chi connectivity index (χ1v) is 10.8. The van der Waals surface area contributed by atoms with Crippen molar-refractivity contribution in [1.82, 2.24) is 21.3 Å². The van der Waals surface area contributed by atoms with Crippen LogP contribution >= 0.6 is 0 Å². The van der Waals surface area contributed by atoms with Crippen molar-refractivity contribution < 1.29 is 24.3 Å². The number of primary amides is 1. The van der Waals surface area contributed by atoms with Gasteiger partial charge in [0.2, 0.25) is 11.8 Å². The Morgan fingerprint density at radius 1 is 0.882 bits per heavy atom. The van der Waals surface area contributed by atoms with Gasteiger partial charge in [0.1, 0.15) is 12.1 Å². The zero-order valence-corrected chi connectivity index (χ0v) is 18.9. The summed E-state index contributed by atoms with van der Waals surface area (Å²) in [7, 11) is 0. The molecule has 0 aliphatic heterocycles. The number of nitrogens with two attached hydrogens (primary N) is 3. The average molecular weight is 479 g/mol. The van der Waals surface area contributed by atoms with Crippen LogP contribution in [0.5, 0.6) is 0 Å². The highest BCUT2D eigenvalue weighted by Gasteiger charge is 2.28. The third kappa shape index (κ3) is 11.7. The lowest BCUT2D eigenvalue weighted by Crippen LogP contribution is -2.55. The molecular formula is C21H34N8O5. The van der Waals surface area contributed by atoms with Crippen molar-refractivity contribution in [2.75, 3.05) is 13.1 Å². The van der Waals surface area contributed by atoms with Crippen LogP contribution in [0.3, 0.4) is 0 Å². The Morgan fingerprint density at radius 3 is 2.06 bits per heavy atom. The molecule has 0 fully saturated rings. The molecule has 0 aliphatic rings. The van der Waals surface area contributed by atoms with E-state index in [4.69, 9.17) is 22.6 Å². The van der Waals surface area contributed by atoms with Gasteiger partial charge in [-0.05, 0) is 31.2 Å². The summed E-state index contributed by atoms with van der Waals surface area (Å²) in [6.45, 7) is 0.529. The minimum Gasteiger partial charge on any atom is -0.480 e. The lowest BCUT2D eigenvalue weighted by atomic mass is 10.0. The smallest absolute Gasteiger partial charge is 0.326 e. The average Bonchev–Trinajstić information content (AvgIpc) is 2.78. The van der Waals surface area contributed by atoms with Gasteiger partial charge in [-0.1, -0.05) is 30.3 Å². The van der Waals surface area contributed by atoms with Gasteiger partial charge < -0.3 is 43.6 Å². The van der Waals surface area contributed by atoms with Crippen LogP contribution in [0, 0.1) is 5.41 Å². The number of carboxylic acids is 1. The summed E-state index contributed by atoms with van der Waals surface area (Å²) in [5.74, 6) is -2.69. The molecule has 0 saturated carbocycles. The maximum Gasteiger partial charge on any atom is 0.326 e. The van der Waals surface area contributed by atoms with E-state index in [9.17, 15) is 24.3 Å². The largest absolute Gasteiger partial charge is 0.480 e. The molecule has 1 aromatic carbocycles. The third-order valence-corrected chi connectivity index (χ3v) is 4.84. The highest BCUT2D eigenvalue weighted by molar-refractivity contribution is 5.92. The topological polar surface area (TPSA) is 239 Å². The highest BCUT2D eigenvalue weighted by Crippen LogP contribution is 2.06. The lowest BCUT2D eigenvalue weighted by Gasteiger charge is -2.23. The SMILES string of the molecule is N=C(N)NCCC[C@H](NC(=O)[C@@H](Cc1ccccc1)NC(=O)[C@@H](N)CCCNC(N)=O)C(=O)O. The quantitative estimate of drug-likeness (QED) is 0.0799. The fraction of sp³-hybridized carbons (Fsp3) is 0.476. The Balaban J connectivity index is 2.79. The summed E-state index contributed by atoms with van der Waals surface area (Å²) in [6.07, 6.45) is 1.22. The van der Waals surface area contributed by atoms with E-state index in [1.807, 2.05) is 6.07 Å². The van der Waals surface area contributed by atoms with Gasteiger partial charge in [0.05, 0.1) is 6.04 Å². The maximum atomic E-state index is 12.9. The first-order valence-electron chi connectivity index (χ1n) is 10.8. The van der Waals surface area contributed by atoms with Gasteiger partial charge in [-0.15, -0.1) is 0 Å². The van der Waals surface area contributed by atoms with E-state index >= 15 is 0 Å². The number of carbonyl (C=O) groups excluding carboxylic acids is 3. The van der Waals surface area contributed by atoms with Crippen LogP contribution < -0.4 is 38.5 Å². The van der Waals surface area contributed by atoms with Crippen LogP contribution in [0.15, 0.2) is 30.3 Å². The molecule has 0 bridgehead atoms. The van der Waals surface area contributed by atoms with Crippen LogP contribution in [0.25, 0.3) is 0 Å². The molecular weight excluding hydrogens is 444 g/mol. The predicted molar refractivity (Wildman–Crippen MR) is 126 cm³/mol. The number of carbonyl (C=O) groups is 4. The molecule has 0 aromatic heterocycles. The van der Waals surface area contributed by atoms with Crippen LogP contribution in [-0.2, 0) is 20.8 Å². The predicted octanol–water partition coefficient (Wildman–Crippen LogP) is -1.68. The second kappa shape index (κ2) is 15.1. The van der Waals surface area contributed by atoms with E-state index in [0.29, 0.717) is 12.8 Å². The Kier molecular flexibility index (Phi) is 12.5. The summed E-state index contributed by atoms with van der Waals surface area (Å²) in [5.41, 5.74) is 16.9. The minimum absolute atomic E-state index is 0.0970. The Morgan fingerprint density at radius 2 is 1.47 bits per heavy atom. The van der Waals surface area contributed by atoms with E-state index < -0.39 is 41.9 Å². The number of amides is 4. The van der Waals surface area contributed by atoms with Crippen molar-refractivity contribution in [2.24, 2.45) is 17.2 Å². The number of hydrogen-bond donors (Lipinski definition) is 9. The number of urea groups is 1. The number of aliphatic carboxylic acids is 1. The number of benzene rings is 1. The summed E-state index contributed by atoms with van der Waals surface area (Å²) in [6, 6.07) is 5.08. The summed E-state index contributed by atoms with van der Waals surface area (Å²) in [5, 5.41) is 26.6. The van der Waals surface area contributed by atoms with E-state index in [1.54, 1.807) is 24.3 Å². The molecule has 0 heterocycles. The monoisotopic (exact) mass is 478 g/mol. The number of nitrogens with one attached hydrogen (secondary N) is 5. The maximum absolute atomic E-state index is 12.9. The molecule has 0 spiro atoms. The van der Waals surface area contributed by atoms with E-state index in [2.05, 4.69) is 21.3 Å². The molecule has 1 rings (SSSR count). The number of rotatable bonds is 15. The first-order chi connectivity index (χ1) is 16.1. The lowest BCUT2D eigenvalue weighted by molar-refractivity contribution is -0.142. The van der Waals surface area contributed by atoms with Gasteiger partial charge in [-0.3, -0.25) is 15.0 Å². The Hall–Kier alpha value is -3.87. The third-order valence-electron chi connectivity index (χ3n) is 4.84. The summed E-state index contributed by atoms with van der Waals surface area (Å²) >= 11 is 0. The molecule has 4 amide bonds. The normalized spacial score (nSPS) is 13.1. The molecule has 12 N–H and O–H groups in total. The van der Waals surface area contributed by atoms with Crippen molar-refractivity contribution >= 4 is 29.8 Å². The number of hydrogen-bond acceptors (Lipinski definition) is 6. The summed E-state index contributed by atoms with van der Waals surface area (Å²) < 4.78 is 0.